The number of nitrogens with zero attached hydrogens (tertiary/aromatic N) is 1. The Kier molecular flexibility index (Phi) is 7.89. The third kappa shape index (κ3) is 6.04. The molecule has 8 heteroatoms. The fraction of sp³-hybridized carbons (Fsp3) is 0.529. The minimum Gasteiger partial charge on any atom is -0.465 e. The summed E-state index contributed by atoms with van der Waals surface area (Å²) in [4.78, 5) is 23.7. The Morgan fingerprint density at radius 3 is 2.40 bits per heavy atom. The quantitative estimate of drug-likeness (QED) is 0.669. The van der Waals surface area contributed by atoms with Gasteiger partial charge in [0.05, 0.1) is 31.2 Å². The van der Waals surface area contributed by atoms with Crippen LogP contribution in [0.25, 0.3) is 0 Å². The number of carbonyl (C=O) groups is 2. The highest BCUT2D eigenvalue weighted by Crippen LogP contribution is 2.19. The number of sulfonamides is 1. The highest BCUT2D eigenvalue weighted by molar-refractivity contribution is 7.92. The van der Waals surface area contributed by atoms with Crippen LogP contribution in [0.2, 0.25) is 0 Å². The van der Waals surface area contributed by atoms with Gasteiger partial charge in [-0.05, 0) is 31.0 Å². The molecule has 1 aromatic carbocycles. The van der Waals surface area contributed by atoms with E-state index in [9.17, 15) is 18.0 Å². The number of amides is 1. The first-order valence-electron chi connectivity index (χ1n) is 8.18. The van der Waals surface area contributed by atoms with Gasteiger partial charge in [-0.3, -0.25) is 9.10 Å². The molecular weight excluding hydrogens is 344 g/mol. The summed E-state index contributed by atoms with van der Waals surface area (Å²) < 4.78 is 30.0. The summed E-state index contributed by atoms with van der Waals surface area (Å²) >= 11 is 0. The molecule has 0 heterocycles. The predicted octanol–water partition coefficient (Wildman–Crippen LogP) is 1.79. The molecule has 0 aliphatic heterocycles. The summed E-state index contributed by atoms with van der Waals surface area (Å²) in [5, 5.41) is 2.77. The first-order valence-corrected chi connectivity index (χ1v) is 10.0. The van der Waals surface area contributed by atoms with Gasteiger partial charge in [-0.2, -0.15) is 0 Å². The van der Waals surface area contributed by atoms with Crippen LogP contribution >= 0.6 is 0 Å². The molecule has 1 N–H and O–H groups in total. The predicted molar refractivity (Wildman–Crippen MR) is 97.1 cm³/mol. The Bertz CT molecular complexity index is 699. The van der Waals surface area contributed by atoms with Gasteiger partial charge in [-0.1, -0.05) is 19.9 Å². The van der Waals surface area contributed by atoms with Crippen molar-refractivity contribution < 1.29 is 22.7 Å². The summed E-state index contributed by atoms with van der Waals surface area (Å²) in [6, 6.07) is 6.18. The SMILES string of the molecule is CCC(CC)C(=O)NCCN(c1cccc(C(=O)OC)c1)S(C)(=O)=O. The molecule has 0 aliphatic rings. The van der Waals surface area contributed by atoms with E-state index in [1.165, 1.54) is 13.2 Å². The number of hydrogen-bond donors (Lipinski definition) is 1. The van der Waals surface area contributed by atoms with Gasteiger partial charge < -0.3 is 10.1 Å². The number of methoxy groups -OCH3 is 1. The number of nitrogens with one attached hydrogen (secondary N) is 1. The molecule has 1 aromatic rings. The molecule has 0 aliphatic carbocycles. The lowest BCUT2D eigenvalue weighted by atomic mass is 10.0. The van der Waals surface area contributed by atoms with Crippen LogP contribution in [-0.2, 0) is 19.6 Å². The van der Waals surface area contributed by atoms with Crippen LogP contribution in [0.15, 0.2) is 24.3 Å². The van der Waals surface area contributed by atoms with Crippen molar-refractivity contribution in [2.45, 2.75) is 26.7 Å². The van der Waals surface area contributed by atoms with Crippen LogP contribution in [0.4, 0.5) is 5.69 Å². The van der Waals surface area contributed by atoms with E-state index in [2.05, 4.69) is 10.1 Å². The van der Waals surface area contributed by atoms with Crippen molar-refractivity contribution in [1.29, 1.82) is 0 Å². The molecule has 1 rings (SSSR count). The number of rotatable bonds is 9. The number of esters is 1. The third-order valence-electron chi connectivity index (χ3n) is 3.93. The lowest BCUT2D eigenvalue weighted by Crippen LogP contribution is -2.40. The Hall–Kier alpha value is -2.09. The molecular formula is C17H26N2O5S. The molecule has 7 nitrogen and oxygen atoms in total. The van der Waals surface area contributed by atoms with Gasteiger partial charge in [0.1, 0.15) is 0 Å². The first kappa shape index (κ1) is 21.0. The van der Waals surface area contributed by atoms with Gasteiger partial charge in [0, 0.05) is 12.5 Å². The largest absolute Gasteiger partial charge is 0.465 e. The van der Waals surface area contributed by atoms with Crippen LogP contribution in [0.3, 0.4) is 0 Å². The zero-order valence-electron chi connectivity index (χ0n) is 15.1. The minimum atomic E-state index is -3.57. The number of ether oxygens (including phenoxy) is 1. The highest BCUT2D eigenvalue weighted by Gasteiger charge is 2.20. The van der Waals surface area contributed by atoms with Gasteiger partial charge in [-0.25, -0.2) is 13.2 Å². The zero-order chi connectivity index (χ0) is 19.0. The molecule has 0 atom stereocenters. The van der Waals surface area contributed by atoms with E-state index in [1.54, 1.807) is 18.2 Å². The molecule has 0 aromatic heterocycles. The minimum absolute atomic E-state index is 0.0747. The van der Waals surface area contributed by atoms with Crippen molar-refractivity contribution in [2.24, 2.45) is 5.92 Å². The molecule has 0 saturated carbocycles. The van der Waals surface area contributed by atoms with E-state index in [0.717, 1.165) is 23.4 Å². The number of carbonyl (C=O) groups excluding carboxylic acids is 2. The summed E-state index contributed by atoms with van der Waals surface area (Å²) in [5.74, 6) is -0.701. The Balaban J connectivity index is 2.90. The number of hydrogen-bond acceptors (Lipinski definition) is 5. The molecule has 140 valence electrons. The maximum absolute atomic E-state index is 12.1. The smallest absolute Gasteiger partial charge is 0.337 e. The monoisotopic (exact) mass is 370 g/mol. The molecule has 25 heavy (non-hydrogen) atoms. The molecule has 0 bridgehead atoms. The van der Waals surface area contributed by atoms with Crippen molar-refractivity contribution in [1.82, 2.24) is 5.32 Å². The van der Waals surface area contributed by atoms with Crippen LogP contribution < -0.4 is 9.62 Å². The maximum Gasteiger partial charge on any atom is 0.337 e. The number of benzene rings is 1. The average Bonchev–Trinajstić information content (AvgIpc) is 2.58. The average molecular weight is 370 g/mol. The second-order valence-corrected chi connectivity index (χ2v) is 7.59. The van der Waals surface area contributed by atoms with Crippen LogP contribution in [0, 0.1) is 5.92 Å². The van der Waals surface area contributed by atoms with Gasteiger partial charge in [-0.15, -0.1) is 0 Å². The normalized spacial score (nSPS) is 11.2. The van der Waals surface area contributed by atoms with Crippen molar-refractivity contribution >= 4 is 27.6 Å². The van der Waals surface area contributed by atoms with E-state index >= 15 is 0 Å². The Morgan fingerprint density at radius 2 is 1.88 bits per heavy atom. The summed E-state index contributed by atoms with van der Waals surface area (Å²) in [6.07, 6.45) is 2.55. The van der Waals surface area contributed by atoms with Gasteiger partial charge in [0.2, 0.25) is 15.9 Å². The summed E-state index contributed by atoms with van der Waals surface area (Å²) in [5.41, 5.74) is 0.608. The van der Waals surface area contributed by atoms with Gasteiger partial charge >= 0.3 is 5.97 Å². The molecule has 0 radical (unpaired) electrons. The first-order chi connectivity index (χ1) is 11.7. The fourth-order valence-corrected chi connectivity index (χ4v) is 3.40. The second kappa shape index (κ2) is 9.41. The molecule has 1 amide bonds. The van der Waals surface area contributed by atoms with E-state index in [4.69, 9.17) is 0 Å². The fourth-order valence-electron chi connectivity index (χ4n) is 2.48. The Morgan fingerprint density at radius 1 is 1.24 bits per heavy atom. The van der Waals surface area contributed by atoms with Gasteiger partial charge in [0.15, 0.2) is 0 Å². The zero-order valence-corrected chi connectivity index (χ0v) is 15.9. The van der Waals surface area contributed by atoms with E-state index < -0.39 is 16.0 Å². The maximum atomic E-state index is 12.1. The molecule has 0 spiro atoms. The third-order valence-corrected chi connectivity index (χ3v) is 5.12. The van der Waals surface area contributed by atoms with Crippen molar-refractivity contribution in [3.63, 3.8) is 0 Å². The lowest BCUT2D eigenvalue weighted by molar-refractivity contribution is -0.125. The topological polar surface area (TPSA) is 92.8 Å². The molecule has 0 saturated heterocycles. The van der Waals surface area contributed by atoms with Crippen molar-refractivity contribution in [2.75, 3.05) is 30.8 Å². The van der Waals surface area contributed by atoms with E-state index in [-0.39, 0.29) is 30.5 Å². The van der Waals surface area contributed by atoms with Crippen LogP contribution in [0.1, 0.15) is 37.0 Å². The van der Waals surface area contributed by atoms with Gasteiger partial charge in [0.25, 0.3) is 0 Å². The summed E-state index contributed by atoms with van der Waals surface area (Å²) in [6.45, 7) is 4.14. The van der Waals surface area contributed by atoms with Crippen LogP contribution in [0.5, 0.6) is 0 Å². The number of anilines is 1. The van der Waals surface area contributed by atoms with Crippen molar-refractivity contribution in [3.05, 3.63) is 29.8 Å². The molecule has 0 fully saturated rings. The Labute approximate surface area is 149 Å². The summed E-state index contributed by atoms with van der Waals surface area (Å²) in [7, 11) is -2.31. The standard InChI is InChI=1S/C17H26N2O5S/c1-5-13(6-2)16(20)18-10-11-19(25(4,22)23)15-9-7-8-14(12-15)17(21)24-3/h7-9,12-13H,5-6,10-11H2,1-4H3,(H,18,20). The molecule has 0 unspecified atom stereocenters. The van der Waals surface area contributed by atoms with E-state index in [0.29, 0.717) is 5.69 Å². The van der Waals surface area contributed by atoms with Crippen LogP contribution in [-0.4, -0.2) is 46.7 Å². The second-order valence-electron chi connectivity index (χ2n) is 5.68. The van der Waals surface area contributed by atoms with E-state index in [1.807, 2.05) is 13.8 Å². The highest BCUT2D eigenvalue weighted by atomic mass is 32.2. The van der Waals surface area contributed by atoms with Crippen molar-refractivity contribution in [3.8, 4) is 0 Å². The lowest BCUT2D eigenvalue weighted by Gasteiger charge is -2.23.